The minimum atomic E-state index is -1.79. The number of phenolic OH excluding ortho intramolecular Hbond substituents is 2. The molecule has 0 bridgehead atoms. The molecule has 5 rings (SSSR count). The Kier molecular flexibility index (Phi) is 5.55. The summed E-state index contributed by atoms with van der Waals surface area (Å²) in [4.78, 5) is 24.4. The van der Waals surface area contributed by atoms with Gasteiger partial charge in [0.2, 0.25) is 0 Å². The molecule has 0 saturated heterocycles. The second-order valence-electron chi connectivity index (χ2n) is 9.04. The third-order valence-corrected chi connectivity index (χ3v) is 6.75. The summed E-state index contributed by atoms with van der Waals surface area (Å²) in [6.07, 6.45) is 7.23. The van der Waals surface area contributed by atoms with E-state index in [-0.39, 0.29) is 24.0 Å². The molecule has 2 aromatic rings. The lowest BCUT2D eigenvalue weighted by Crippen LogP contribution is -2.50. The third-order valence-electron chi connectivity index (χ3n) is 6.75. The fourth-order valence-electron chi connectivity index (χ4n) is 5.01. The van der Waals surface area contributed by atoms with Gasteiger partial charge in [0.15, 0.2) is 0 Å². The van der Waals surface area contributed by atoms with Crippen LogP contribution in [0.1, 0.15) is 43.2 Å². The van der Waals surface area contributed by atoms with E-state index in [0.29, 0.717) is 17.3 Å². The van der Waals surface area contributed by atoms with E-state index < -0.39 is 11.6 Å². The summed E-state index contributed by atoms with van der Waals surface area (Å²) in [6, 6.07) is 12.9. The van der Waals surface area contributed by atoms with Crippen LogP contribution in [0.2, 0.25) is 0 Å². The van der Waals surface area contributed by atoms with Crippen molar-refractivity contribution in [2.75, 3.05) is 0 Å². The number of hydrogen-bond donors (Lipinski definition) is 4. The molecule has 0 unspecified atom stereocenters. The first-order valence-electron chi connectivity index (χ1n) is 11.3. The highest BCUT2D eigenvalue weighted by Gasteiger charge is 2.53. The average Bonchev–Trinajstić information content (AvgIpc) is 3.43. The normalized spacial score (nSPS) is 24.9. The van der Waals surface area contributed by atoms with E-state index in [2.05, 4.69) is 10.3 Å². The van der Waals surface area contributed by atoms with Gasteiger partial charge in [-0.25, -0.2) is 10.2 Å². The van der Waals surface area contributed by atoms with Crippen molar-refractivity contribution < 1.29 is 25.2 Å². The molecule has 0 radical (unpaired) electrons. The van der Waals surface area contributed by atoms with Crippen LogP contribution in [0.4, 0.5) is 0 Å². The molecule has 0 spiro atoms. The highest BCUT2D eigenvalue weighted by atomic mass is 17.1. The van der Waals surface area contributed by atoms with E-state index in [0.717, 1.165) is 30.5 Å². The minimum absolute atomic E-state index is 0.0289. The third kappa shape index (κ3) is 4.07. The van der Waals surface area contributed by atoms with Gasteiger partial charge in [-0.3, -0.25) is 9.69 Å². The zero-order chi connectivity index (χ0) is 23.0. The maximum Gasteiger partial charge on any atom is 0.290 e. The van der Waals surface area contributed by atoms with Crippen LogP contribution in [-0.2, 0) is 16.1 Å². The molecule has 2 atom stereocenters. The summed E-state index contributed by atoms with van der Waals surface area (Å²) in [7, 11) is 0. The Morgan fingerprint density at radius 2 is 1.67 bits per heavy atom. The smallest absolute Gasteiger partial charge is 0.290 e. The summed E-state index contributed by atoms with van der Waals surface area (Å²) in [6.45, 7) is 0. The van der Waals surface area contributed by atoms with Gasteiger partial charge in [-0.05, 0) is 59.9 Å². The van der Waals surface area contributed by atoms with Crippen molar-refractivity contribution in [3.05, 3.63) is 65.9 Å². The second kappa shape index (κ2) is 8.53. The van der Waals surface area contributed by atoms with Crippen molar-refractivity contribution in [3.63, 3.8) is 0 Å². The lowest BCUT2D eigenvalue weighted by molar-refractivity contribution is -0.308. The van der Waals surface area contributed by atoms with Gasteiger partial charge in [-0.15, -0.1) is 0 Å². The Morgan fingerprint density at radius 3 is 2.30 bits per heavy atom. The number of phenols is 2. The monoisotopic (exact) mass is 449 g/mol. The summed E-state index contributed by atoms with van der Waals surface area (Å²) < 4.78 is 0. The van der Waals surface area contributed by atoms with Crippen LogP contribution in [0.5, 0.6) is 11.5 Å². The number of nitrogens with one attached hydrogen (secondary N) is 1. The highest BCUT2D eigenvalue weighted by molar-refractivity contribution is 6.12. The number of carbonyl (C=O) groups excluding carboxylic acids is 1. The number of nitrogens with zero attached hydrogens (tertiary/aromatic N) is 2. The fourth-order valence-corrected chi connectivity index (χ4v) is 5.01. The number of amidine groups is 1. The van der Waals surface area contributed by atoms with Gasteiger partial charge in [-0.2, -0.15) is 4.89 Å². The van der Waals surface area contributed by atoms with Crippen LogP contribution in [0, 0.1) is 5.92 Å². The fraction of sp³-hybridized carbons (Fsp3) is 0.360. The number of carbonyl (C=O) groups is 1. The van der Waals surface area contributed by atoms with Gasteiger partial charge in [0.05, 0.1) is 11.7 Å². The van der Waals surface area contributed by atoms with Crippen molar-refractivity contribution in [1.29, 1.82) is 0 Å². The molecule has 33 heavy (non-hydrogen) atoms. The summed E-state index contributed by atoms with van der Waals surface area (Å²) in [5, 5.41) is 32.6. The van der Waals surface area contributed by atoms with Crippen molar-refractivity contribution in [1.82, 2.24) is 10.2 Å². The van der Waals surface area contributed by atoms with Crippen LogP contribution in [0.15, 0.2) is 59.7 Å². The van der Waals surface area contributed by atoms with Gasteiger partial charge < -0.3 is 15.5 Å². The number of hydrogen-bond acceptors (Lipinski definition) is 7. The quantitative estimate of drug-likeness (QED) is 0.396. The molecular formula is C25H27N3O5. The van der Waals surface area contributed by atoms with E-state index in [1.165, 1.54) is 29.9 Å². The number of fused-ring (bicyclic) bond motifs is 1. The molecule has 3 aliphatic rings. The molecule has 2 aliphatic heterocycles. The van der Waals surface area contributed by atoms with Crippen molar-refractivity contribution in [3.8, 4) is 11.5 Å². The van der Waals surface area contributed by atoms with Crippen LogP contribution < -0.4 is 5.32 Å². The van der Waals surface area contributed by atoms with Gasteiger partial charge in [0.1, 0.15) is 17.3 Å². The molecule has 1 amide bonds. The van der Waals surface area contributed by atoms with Crippen LogP contribution >= 0.6 is 0 Å². The SMILES string of the molecule is O=C1N2C=C(c3ccc(O)cc3)N[C@@H](CC3CCCC3)C2=N[C@]1(Cc1ccc(O)cc1)OO. The summed E-state index contributed by atoms with van der Waals surface area (Å²) in [5.74, 6) is 0.869. The van der Waals surface area contributed by atoms with E-state index in [1.807, 2.05) is 0 Å². The van der Waals surface area contributed by atoms with Gasteiger partial charge in [0, 0.05) is 12.6 Å². The molecule has 8 heteroatoms. The Labute approximate surface area is 191 Å². The first-order chi connectivity index (χ1) is 16.0. The highest BCUT2D eigenvalue weighted by Crippen LogP contribution is 2.36. The van der Waals surface area contributed by atoms with Crippen LogP contribution in [0.25, 0.3) is 5.70 Å². The number of benzene rings is 2. The average molecular weight is 450 g/mol. The van der Waals surface area contributed by atoms with Crippen molar-refractivity contribution in [2.45, 2.75) is 50.3 Å². The molecule has 172 valence electrons. The lowest BCUT2D eigenvalue weighted by atomic mass is 9.95. The predicted molar refractivity (Wildman–Crippen MR) is 122 cm³/mol. The van der Waals surface area contributed by atoms with E-state index in [4.69, 9.17) is 4.89 Å². The summed E-state index contributed by atoms with van der Waals surface area (Å²) in [5.41, 5.74) is 0.478. The first-order valence-corrected chi connectivity index (χ1v) is 11.3. The Bertz CT molecular complexity index is 1090. The second-order valence-corrected chi connectivity index (χ2v) is 9.04. The number of amides is 1. The zero-order valence-corrected chi connectivity index (χ0v) is 18.1. The maximum absolute atomic E-state index is 13.5. The molecule has 0 aromatic heterocycles. The lowest BCUT2D eigenvalue weighted by Gasteiger charge is -2.33. The van der Waals surface area contributed by atoms with E-state index in [1.54, 1.807) is 42.6 Å². The molecular weight excluding hydrogens is 422 g/mol. The minimum Gasteiger partial charge on any atom is -0.508 e. The molecule has 8 nitrogen and oxygen atoms in total. The number of rotatable bonds is 6. The van der Waals surface area contributed by atoms with Crippen LogP contribution in [-0.4, -0.2) is 43.9 Å². The first kappa shape index (κ1) is 21.5. The predicted octanol–water partition coefficient (Wildman–Crippen LogP) is 3.62. The molecule has 1 aliphatic carbocycles. The number of aromatic hydroxyl groups is 2. The largest absolute Gasteiger partial charge is 0.508 e. The van der Waals surface area contributed by atoms with Gasteiger partial charge in [0.25, 0.3) is 11.6 Å². The maximum atomic E-state index is 13.5. The molecule has 4 N–H and O–H groups in total. The zero-order valence-electron chi connectivity index (χ0n) is 18.1. The molecule has 1 fully saturated rings. The van der Waals surface area contributed by atoms with E-state index in [9.17, 15) is 20.3 Å². The Morgan fingerprint density at radius 1 is 1.03 bits per heavy atom. The summed E-state index contributed by atoms with van der Waals surface area (Å²) >= 11 is 0. The number of aliphatic imine (C=N–C) groups is 1. The van der Waals surface area contributed by atoms with Gasteiger partial charge >= 0.3 is 0 Å². The standard InChI is InChI=1S/C25H27N3O5/c29-19-9-5-17(6-10-19)14-25(33-32)24(31)28-15-22(18-7-11-20(30)12-8-18)26-21(23(28)27-25)13-16-3-1-2-4-16/h5-12,15-16,21,26,29-30,32H,1-4,13-14H2/t21-,25+/m0/s1. The van der Waals surface area contributed by atoms with Crippen molar-refractivity contribution in [2.24, 2.45) is 10.9 Å². The molecule has 1 saturated carbocycles. The molecule has 2 heterocycles. The topological polar surface area (TPSA) is 115 Å². The Hall–Kier alpha value is -3.36. The molecule has 2 aromatic carbocycles. The van der Waals surface area contributed by atoms with Crippen molar-refractivity contribution >= 4 is 17.4 Å². The van der Waals surface area contributed by atoms with Gasteiger partial charge in [-0.1, -0.05) is 37.8 Å². The van der Waals surface area contributed by atoms with E-state index >= 15 is 0 Å². The van der Waals surface area contributed by atoms with Crippen LogP contribution in [0.3, 0.4) is 0 Å². The Balaban J connectivity index is 1.51.